The molecule has 8 heteroatoms. The Hall–Kier alpha value is -3.29. The zero-order chi connectivity index (χ0) is 20.4. The van der Waals surface area contributed by atoms with E-state index in [2.05, 4.69) is 20.8 Å². The number of aromatic nitrogens is 3. The Morgan fingerprint density at radius 2 is 1.72 bits per heavy atom. The summed E-state index contributed by atoms with van der Waals surface area (Å²) < 4.78 is 0. The molecular formula is C21H16ClN5OS. The van der Waals surface area contributed by atoms with E-state index in [1.807, 2.05) is 49.4 Å². The number of halogens is 1. The van der Waals surface area contributed by atoms with Gasteiger partial charge in [0.15, 0.2) is 5.11 Å². The van der Waals surface area contributed by atoms with E-state index < -0.39 is 0 Å². The van der Waals surface area contributed by atoms with Crippen LogP contribution in [0.4, 0.5) is 5.69 Å². The first-order valence-corrected chi connectivity index (χ1v) is 9.59. The van der Waals surface area contributed by atoms with Gasteiger partial charge in [0, 0.05) is 5.56 Å². The second-order valence-electron chi connectivity index (χ2n) is 6.42. The number of fused-ring (bicyclic) bond motifs is 1. The van der Waals surface area contributed by atoms with Gasteiger partial charge >= 0.3 is 0 Å². The van der Waals surface area contributed by atoms with Crippen LogP contribution >= 0.6 is 23.8 Å². The third-order valence-electron chi connectivity index (χ3n) is 4.21. The van der Waals surface area contributed by atoms with Gasteiger partial charge in [-0.1, -0.05) is 47.5 Å². The zero-order valence-corrected chi connectivity index (χ0v) is 17.0. The van der Waals surface area contributed by atoms with Crippen LogP contribution in [0.3, 0.4) is 0 Å². The fourth-order valence-electron chi connectivity index (χ4n) is 2.83. The fourth-order valence-corrected chi connectivity index (χ4v) is 3.23. The second-order valence-corrected chi connectivity index (χ2v) is 7.24. The average Bonchev–Trinajstić information content (AvgIpc) is 3.11. The number of nitrogens with one attached hydrogen (secondary N) is 2. The first-order valence-electron chi connectivity index (χ1n) is 8.80. The Labute approximate surface area is 177 Å². The molecule has 2 N–H and O–H groups in total. The van der Waals surface area contributed by atoms with Crippen LogP contribution in [0.15, 0.2) is 66.7 Å². The maximum absolute atomic E-state index is 12.4. The van der Waals surface area contributed by atoms with Crippen LogP contribution in [-0.4, -0.2) is 26.0 Å². The minimum Gasteiger partial charge on any atom is -0.331 e. The van der Waals surface area contributed by atoms with Crippen LogP contribution < -0.4 is 10.6 Å². The van der Waals surface area contributed by atoms with Crippen molar-refractivity contribution in [3.8, 4) is 5.69 Å². The highest BCUT2D eigenvalue weighted by Gasteiger charge is 2.12. The van der Waals surface area contributed by atoms with Gasteiger partial charge in [-0.25, -0.2) is 0 Å². The van der Waals surface area contributed by atoms with E-state index in [1.165, 1.54) is 0 Å². The van der Waals surface area contributed by atoms with E-state index in [1.54, 1.807) is 29.1 Å². The van der Waals surface area contributed by atoms with Crippen molar-refractivity contribution in [1.82, 2.24) is 20.3 Å². The Bertz CT molecular complexity index is 1220. The predicted octanol–water partition coefficient (Wildman–Crippen LogP) is 4.51. The number of hydrogen-bond acceptors (Lipinski definition) is 4. The van der Waals surface area contributed by atoms with Crippen molar-refractivity contribution in [2.24, 2.45) is 0 Å². The number of carbonyl (C=O) groups is 1. The van der Waals surface area contributed by atoms with Crippen molar-refractivity contribution in [3.63, 3.8) is 0 Å². The number of nitrogens with zero attached hydrogens (tertiary/aromatic N) is 3. The third-order valence-corrected chi connectivity index (χ3v) is 4.73. The molecule has 0 saturated carbocycles. The molecule has 0 radical (unpaired) electrons. The fraction of sp³-hybridized carbons (Fsp3) is 0.0476. The van der Waals surface area contributed by atoms with Crippen molar-refractivity contribution < 1.29 is 4.79 Å². The quantitative estimate of drug-likeness (QED) is 0.476. The number of benzene rings is 3. The highest BCUT2D eigenvalue weighted by Crippen LogP contribution is 2.27. The van der Waals surface area contributed by atoms with Gasteiger partial charge in [-0.2, -0.15) is 4.80 Å². The molecule has 4 rings (SSSR count). The van der Waals surface area contributed by atoms with Crippen molar-refractivity contribution in [2.45, 2.75) is 6.92 Å². The van der Waals surface area contributed by atoms with Crippen LogP contribution in [0, 0.1) is 6.92 Å². The molecule has 1 aromatic heterocycles. The molecule has 3 aromatic carbocycles. The van der Waals surface area contributed by atoms with E-state index in [0.29, 0.717) is 27.3 Å². The Kier molecular flexibility index (Phi) is 5.24. The Morgan fingerprint density at radius 3 is 2.45 bits per heavy atom. The largest absolute Gasteiger partial charge is 0.331 e. The minimum absolute atomic E-state index is 0.146. The topological polar surface area (TPSA) is 71.8 Å². The molecule has 144 valence electrons. The molecule has 4 aromatic rings. The molecule has 0 aliphatic heterocycles. The molecule has 0 atom stereocenters. The van der Waals surface area contributed by atoms with Crippen LogP contribution in [-0.2, 0) is 0 Å². The lowest BCUT2D eigenvalue weighted by atomic mass is 10.1. The molecule has 29 heavy (non-hydrogen) atoms. The Morgan fingerprint density at radius 1 is 1.00 bits per heavy atom. The second kappa shape index (κ2) is 7.98. The highest BCUT2D eigenvalue weighted by molar-refractivity contribution is 7.80. The first-order chi connectivity index (χ1) is 14.0. The zero-order valence-electron chi connectivity index (χ0n) is 15.4. The standard InChI is InChI=1S/C21H16ClN5OS/c1-13-6-5-7-14(10-13)20(28)24-21(29)23-17-12-19-18(11-16(17)22)25-27(26-19)15-8-3-2-4-9-15/h2-12H,1H3,(H2,23,24,28,29). The SMILES string of the molecule is Cc1cccc(C(=O)NC(=S)Nc2cc3nn(-c4ccccc4)nc3cc2Cl)c1. The number of amides is 1. The smallest absolute Gasteiger partial charge is 0.257 e. The van der Waals surface area contributed by atoms with E-state index in [0.717, 1.165) is 11.3 Å². The van der Waals surface area contributed by atoms with Crippen LogP contribution in [0.25, 0.3) is 16.7 Å². The molecule has 0 saturated heterocycles. The summed E-state index contributed by atoms with van der Waals surface area (Å²) in [7, 11) is 0. The molecule has 0 fully saturated rings. The van der Waals surface area contributed by atoms with E-state index >= 15 is 0 Å². The van der Waals surface area contributed by atoms with Crippen LogP contribution in [0.2, 0.25) is 5.02 Å². The number of para-hydroxylation sites is 1. The van der Waals surface area contributed by atoms with E-state index in [9.17, 15) is 4.79 Å². The molecule has 0 aliphatic rings. The lowest BCUT2D eigenvalue weighted by molar-refractivity contribution is 0.0977. The van der Waals surface area contributed by atoms with E-state index in [-0.39, 0.29) is 11.0 Å². The monoisotopic (exact) mass is 421 g/mol. The highest BCUT2D eigenvalue weighted by atomic mass is 35.5. The number of thiocarbonyl (C=S) groups is 1. The first kappa shape index (κ1) is 19.0. The lowest BCUT2D eigenvalue weighted by Crippen LogP contribution is -2.34. The summed E-state index contributed by atoms with van der Waals surface area (Å²) in [5, 5.41) is 15.1. The van der Waals surface area contributed by atoms with Crippen LogP contribution in [0.1, 0.15) is 15.9 Å². The van der Waals surface area contributed by atoms with Gasteiger partial charge in [-0.05, 0) is 55.5 Å². The van der Waals surface area contributed by atoms with Gasteiger partial charge in [0.1, 0.15) is 11.0 Å². The van der Waals surface area contributed by atoms with Crippen molar-refractivity contribution in [3.05, 3.63) is 82.9 Å². The van der Waals surface area contributed by atoms with E-state index in [4.69, 9.17) is 23.8 Å². The number of aryl methyl sites for hydroxylation is 1. The van der Waals surface area contributed by atoms with Gasteiger partial charge in [0.05, 0.1) is 16.4 Å². The average molecular weight is 422 g/mol. The van der Waals surface area contributed by atoms with Crippen molar-refractivity contribution in [2.75, 3.05) is 5.32 Å². The summed E-state index contributed by atoms with van der Waals surface area (Å²) in [6.07, 6.45) is 0. The maximum atomic E-state index is 12.4. The predicted molar refractivity (Wildman–Crippen MR) is 119 cm³/mol. The summed E-state index contributed by atoms with van der Waals surface area (Å²) in [5.41, 5.74) is 4.20. The molecule has 0 bridgehead atoms. The number of anilines is 1. The molecule has 1 amide bonds. The normalized spacial score (nSPS) is 10.7. The summed E-state index contributed by atoms with van der Waals surface area (Å²) in [5.74, 6) is -0.293. The van der Waals surface area contributed by atoms with Gasteiger partial charge in [0.25, 0.3) is 5.91 Å². The lowest BCUT2D eigenvalue weighted by Gasteiger charge is -2.11. The molecular weight excluding hydrogens is 406 g/mol. The third kappa shape index (κ3) is 4.26. The maximum Gasteiger partial charge on any atom is 0.257 e. The number of hydrogen-bond donors (Lipinski definition) is 2. The number of rotatable bonds is 3. The minimum atomic E-state index is -0.293. The molecule has 6 nitrogen and oxygen atoms in total. The summed E-state index contributed by atoms with van der Waals surface area (Å²) in [6.45, 7) is 1.92. The van der Waals surface area contributed by atoms with Crippen LogP contribution in [0.5, 0.6) is 0 Å². The van der Waals surface area contributed by atoms with Gasteiger partial charge in [0.2, 0.25) is 0 Å². The molecule has 1 heterocycles. The van der Waals surface area contributed by atoms with Gasteiger partial charge in [-0.15, -0.1) is 10.2 Å². The summed E-state index contributed by atoms with van der Waals surface area (Å²) in [4.78, 5) is 13.9. The number of carbonyl (C=O) groups excluding carboxylic acids is 1. The van der Waals surface area contributed by atoms with Crippen molar-refractivity contribution >= 4 is 51.6 Å². The summed E-state index contributed by atoms with van der Waals surface area (Å²) in [6, 6.07) is 20.3. The molecule has 0 unspecified atom stereocenters. The summed E-state index contributed by atoms with van der Waals surface area (Å²) >= 11 is 11.6. The Balaban J connectivity index is 1.53. The van der Waals surface area contributed by atoms with Crippen molar-refractivity contribution in [1.29, 1.82) is 0 Å². The van der Waals surface area contributed by atoms with Gasteiger partial charge < -0.3 is 5.32 Å². The molecule has 0 spiro atoms. The van der Waals surface area contributed by atoms with Gasteiger partial charge in [-0.3, -0.25) is 10.1 Å². The molecule has 0 aliphatic carbocycles.